The largest absolute Gasteiger partial charge is 0.501 e. The second-order valence-electron chi connectivity index (χ2n) is 6.75. The van der Waals surface area contributed by atoms with Crippen molar-refractivity contribution in [2.24, 2.45) is 0 Å². The van der Waals surface area contributed by atoms with E-state index in [2.05, 4.69) is 10.2 Å². The number of nitrogens with zero attached hydrogens (tertiary/aromatic N) is 1. The lowest BCUT2D eigenvalue weighted by atomic mass is 9.92. The van der Waals surface area contributed by atoms with Gasteiger partial charge >= 0.3 is 5.97 Å². The Morgan fingerprint density at radius 2 is 1.50 bits per heavy atom. The van der Waals surface area contributed by atoms with Gasteiger partial charge in [-0.25, -0.2) is 4.79 Å². The van der Waals surface area contributed by atoms with Crippen LogP contribution in [0.3, 0.4) is 0 Å². The molecule has 28 heavy (non-hydrogen) atoms. The van der Waals surface area contributed by atoms with Crippen LogP contribution in [0.15, 0.2) is 60.4 Å². The Morgan fingerprint density at radius 1 is 0.893 bits per heavy atom. The molecular weight excluding hydrogens is 356 g/mol. The fraction of sp³-hybridized carbons (Fsp3) is 0.273. The minimum Gasteiger partial charge on any atom is -0.501 e. The third-order valence-corrected chi connectivity index (χ3v) is 4.86. The number of aliphatic hydroxyl groups is 1. The minimum atomic E-state index is -1.44. The first-order valence-electron chi connectivity index (χ1n) is 9.40. The Bertz CT molecular complexity index is 871. The van der Waals surface area contributed by atoms with E-state index in [1.165, 1.54) is 12.8 Å². The highest BCUT2D eigenvalue weighted by Crippen LogP contribution is 2.29. The zero-order chi connectivity index (χ0) is 19.9. The van der Waals surface area contributed by atoms with E-state index in [4.69, 9.17) is 0 Å². The van der Waals surface area contributed by atoms with Gasteiger partial charge in [0, 0.05) is 24.2 Å². The van der Waals surface area contributed by atoms with Gasteiger partial charge in [0.05, 0.1) is 0 Å². The van der Waals surface area contributed by atoms with Gasteiger partial charge in [0.25, 0.3) is 5.91 Å². The molecule has 0 spiro atoms. The Balaban J connectivity index is 1.89. The molecule has 1 aliphatic heterocycles. The van der Waals surface area contributed by atoms with Crippen LogP contribution in [0.4, 0.5) is 0 Å². The van der Waals surface area contributed by atoms with Crippen LogP contribution in [0.25, 0.3) is 5.57 Å². The lowest BCUT2D eigenvalue weighted by Crippen LogP contribution is -2.33. The third-order valence-electron chi connectivity index (χ3n) is 4.86. The standard InChI is InChI=1S/C22H24N2O4/c25-20(22(27)28)19(16-8-2-1-3-9-16)17-10-4-5-11-18(17)21(26)23-12-15-24-13-6-7-14-24/h1-5,8-11,25H,6-7,12-15H2,(H,23,26)(H,27,28)/b20-19-. The summed E-state index contributed by atoms with van der Waals surface area (Å²) in [6, 6.07) is 15.4. The molecule has 0 aromatic heterocycles. The van der Waals surface area contributed by atoms with Crippen LogP contribution in [0.1, 0.15) is 34.3 Å². The molecule has 1 fully saturated rings. The number of nitrogens with one attached hydrogen (secondary N) is 1. The van der Waals surface area contributed by atoms with Crippen LogP contribution in [0.2, 0.25) is 0 Å². The van der Waals surface area contributed by atoms with Crippen molar-refractivity contribution in [3.05, 3.63) is 77.0 Å². The molecule has 3 rings (SSSR count). The van der Waals surface area contributed by atoms with Crippen molar-refractivity contribution in [3.8, 4) is 0 Å². The average Bonchev–Trinajstić information content (AvgIpc) is 3.22. The Kier molecular flexibility index (Phi) is 6.45. The van der Waals surface area contributed by atoms with E-state index in [0.717, 1.165) is 19.6 Å². The van der Waals surface area contributed by atoms with Gasteiger partial charge < -0.3 is 20.4 Å². The van der Waals surface area contributed by atoms with Crippen LogP contribution in [0.5, 0.6) is 0 Å². The van der Waals surface area contributed by atoms with E-state index >= 15 is 0 Å². The van der Waals surface area contributed by atoms with Gasteiger partial charge in [0.15, 0.2) is 0 Å². The van der Waals surface area contributed by atoms with E-state index in [-0.39, 0.29) is 11.5 Å². The fourth-order valence-electron chi connectivity index (χ4n) is 3.46. The van der Waals surface area contributed by atoms with Crippen molar-refractivity contribution in [2.45, 2.75) is 12.8 Å². The number of benzene rings is 2. The maximum atomic E-state index is 12.8. The van der Waals surface area contributed by atoms with E-state index in [1.54, 1.807) is 54.6 Å². The van der Waals surface area contributed by atoms with Gasteiger partial charge in [-0.3, -0.25) is 4.79 Å². The summed E-state index contributed by atoms with van der Waals surface area (Å²) in [7, 11) is 0. The normalized spacial score (nSPS) is 15.1. The zero-order valence-electron chi connectivity index (χ0n) is 15.6. The summed E-state index contributed by atoms with van der Waals surface area (Å²) < 4.78 is 0. The number of likely N-dealkylation sites (tertiary alicyclic amines) is 1. The summed E-state index contributed by atoms with van der Waals surface area (Å²) in [4.78, 5) is 26.6. The van der Waals surface area contributed by atoms with Gasteiger partial charge in [0.1, 0.15) is 0 Å². The number of hydrogen-bond acceptors (Lipinski definition) is 4. The lowest BCUT2D eigenvalue weighted by molar-refractivity contribution is -0.135. The van der Waals surface area contributed by atoms with Crippen molar-refractivity contribution in [1.82, 2.24) is 10.2 Å². The number of carbonyl (C=O) groups excluding carboxylic acids is 1. The van der Waals surface area contributed by atoms with Crippen molar-refractivity contribution in [1.29, 1.82) is 0 Å². The molecule has 0 saturated carbocycles. The molecule has 6 heteroatoms. The molecule has 0 aliphatic carbocycles. The van der Waals surface area contributed by atoms with Crippen LogP contribution < -0.4 is 5.32 Å². The molecule has 6 nitrogen and oxygen atoms in total. The predicted molar refractivity (Wildman–Crippen MR) is 107 cm³/mol. The lowest BCUT2D eigenvalue weighted by Gasteiger charge is -2.17. The SMILES string of the molecule is O=C(O)/C(O)=C(\c1ccccc1)c1ccccc1C(=O)NCCN1CCCC1. The first-order chi connectivity index (χ1) is 13.6. The molecule has 0 atom stereocenters. The molecule has 1 heterocycles. The first kappa shape index (κ1) is 19.6. The summed E-state index contributed by atoms with van der Waals surface area (Å²) in [6.07, 6.45) is 2.38. The van der Waals surface area contributed by atoms with Gasteiger partial charge in [-0.2, -0.15) is 0 Å². The van der Waals surface area contributed by atoms with Gasteiger partial charge in [-0.05, 0) is 43.1 Å². The molecule has 1 aliphatic rings. The summed E-state index contributed by atoms with van der Waals surface area (Å²) in [6.45, 7) is 3.41. The number of carbonyl (C=O) groups is 2. The second-order valence-corrected chi connectivity index (χ2v) is 6.75. The predicted octanol–water partition coefficient (Wildman–Crippen LogP) is 2.91. The smallest absolute Gasteiger partial charge is 0.371 e. The van der Waals surface area contributed by atoms with Crippen molar-refractivity contribution in [2.75, 3.05) is 26.2 Å². The Labute approximate surface area is 164 Å². The summed E-state index contributed by atoms with van der Waals surface area (Å²) in [5.41, 5.74) is 1.36. The van der Waals surface area contributed by atoms with E-state index in [0.29, 0.717) is 23.2 Å². The summed E-state index contributed by atoms with van der Waals surface area (Å²) in [5, 5.41) is 22.5. The van der Waals surface area contributed by atoms with Gasteiger partial charge in [-0.15, -0.1) is 0 Å². The molecule has 3 N–H and O–H groups in total. The van der Waals surface area contributed by atoms with Crippen molar-refractivity contribution in [3.63, 3.8) is 0 Å². The quantitative estimate of drug-likeness (QED) is 0.508. The number of amides is 1. The maximum Gasteiger partial charge on any atom is 0.371 e. The van der Waals surface area contributed by atoms with Crippen LogP contribution >= 0.6 is 0 Å². The molecule has 2 aromatic rings. The molecule has 1 amide bonds. The van der Waals surface area contributed by atoms with Crippen LogP contribution in [-0.4, -0.2) is 53.2 Å². The van der Waals surface area contributed by atoms with Crippen molar-refractivity contribution >= 4 is 17.4 Å². The van der Waals surface area contributed by atoms with E-state index < -0.39 is 11.7 Å². The number of rotatable bonds is 7. The maximum absolute atomic E-state index is 12.8. The van der Waals surface area contributed by atoms with Gasteiger partial charge in [-0.1, -0.05) is 48.5 Å². The molecular formula is C22H24N2O4. The fourth-order valence-corrected chi connectivity index (χ4v) is 3.46. The summed E-state index contributed by atoms with van der Waals surface area (Å²) >= 11 is 0. The molecule has 0 bridgehead atoms. The second kappa shape index (κ2) is 9.19. The topological polar surface area (TPSA) is 89.9 Å². The van der Waals surface area contributed by atoms with Crippen molar-refractivity contribution < 1.29 is 19.8 Å². The Hall–Kier alpha value is -3.12. The zero-order valence-corrected chi connectivity index (χ0v) is 15.6. The number of carboxylic acids is 1. The average molecular weight is 380 g/mol. The highest BCUT2D eigenvalue weighted by molar-refractivity contribution is 6.05. The molecule has 146 valence electrons. The number of carboxylic acid groups (broad SMARTS) is 1. The molecule has 0 radical (unpaired) electrons. The molecule has 2 aromatic carbocycles. The first-order valence-corrected chi connectivity index (χ1v) is 9.40. The molecule has 1 saturated heterocycles. The monoisotopic (exact) mass is 380 g/mol. The van der Waals surface area contributed by atoms with E-state index in [9.17, 15) is 19.8 Å². The highest BCUT2D eigenvalue weighted by atomic mass is 16.4. The molecule has 0 unspecified atom stereocenters. The third kappa shape index (κ3) is 4.58. The number of hydrogen-bond donors (Lipinski definition) is 3. The van der Waals surface area contributed by atoms with Gasteiger partial charge in [0.2, 0.25) is 5.76 Å². The van der Waals surface area contributed by atoms with Crippen LogP contribution in [-0.2, 0) is 4.79 Å². The van der Waals surface area contributed by atoms with E-state index in [1.807, 2.05) is 0 Å². The highest BCUT2D eigenvalue weighted by Gasteiger charge is 2.22. The minimum absolute atomic E-state index is 0.124. The van der Waals surface area contributed by atoms with Crippen LogP contribution in [0, 0.1) is 0 Å². The summed E-state index contributed by atoms with van der Waals surface area (Å²) in [5.74, 6) is -2.52. The number of aliphatic hydroxyl groups excluding tert-OH is 1. The Morgan fingerprint density at radius 3 is 2.14 bits per heavy atom. The number of aliphatic carboxylic acids is 1.